The number of aryl methyl sites for hydroxylation is 2. The zero-order valence-corrected chi connectivity index (χ0v) is 15.3. The highest BCUT2D eigenvalue weighted by molar-refractivity contribution is 5.96. The standard InChI is InChI=1S/C22H24N2O2/c1-15-9-10-18(12-16(15)2)23-19-7-5-11-24(14-19)22(25)21-13-17-6-3-4-8-20(17)26-21/h3-4,6,8-10,12-13,19,23H,5,7,11,14H2,1-2H3/t19-/m1/s1. The van der Waals surface area contributed by atoms with E-state index in [0.29, 0.717) is 12.3 Å². The van der Waals surface area contributed by atoms with Crippen LogP contribution in [0.4, 0.5) is 5.69 Å². The number of nitrogens with one attached hydrogen (secondary N) is 1. The van der Waals surface area contributed by atoms with Gasteiger partial charge < -0.3 is 14.6 Å². The van der Waals surface area contributed by atoms with E-state index in [0.717, 1.165) is 36.0 Å². The molecule has 1 aliphatic heterocycles. The van der Waals surface area contributed by atoms with Crippen LogP contribution in [-0.4, -0.2) is 29.9 Å². The molecule has 0 aliphatic carbocycles. The number of furan rings is 1. The van der Waals surface area contributed by atoms with E-state index in [9.17, 15) is 4.79 Å². The van der Waals surface area contributed by atoms with Crippen LogP contribution in [0.2, 0.25) is 0 Å². The zero-order valence-electron chi connectivity index (χ0n) is 15.3. The van der Waals surface area contributed by atoms with Gasteiger partial charge in [-0.3, -0.25) is 4.79 Å². The van der Waals surface area contributed by atoms with Gasteiger partial charge in [-0.15, -0.1) is 0 Å². The van der Waals surface area contributed by atoms with Gasteiger partial charge in [-0.05, 0) is 62.1 Å². The number of anilines is 1. The van der Waals surface area contributed by atoms with E-state index in [2.05, 4.69) is 37.4 Å². The molecule has 2 aromatic carbocycles. The van der Waals surface area contributed by atoms with Gasteiger partial charge in [-0.25, -0.2) is 0 Å². The predicted molar refractivity (Wildman–Crippen MR) is 105 cm³/mol. The number of amides is 1. The molecule has 0 bridgehead atoms. The van der Waals surface area contributed by atoms with Crippen LogP contribution >= 0.6 is 0 Å². The molecular formula is C22H24N2O2. The molecule has 1 aromatic heterocycles. The first-order valence-corrected chi connectivity index (χ1v) is 9.22. The lowest BCUT2D eigenvalue weighted by molar-refractivity contribution is 0.0685. The van der Waals surface area contributed by atoms with E-state index in [1.165, 1.54) is 11.1 Å². The van der Waals surface area contributed by atoms with Crippen molar-refractivity contribution < 1.29 is 9.21 Å². The first kappa shape index (κ1) is 16.7. The lowest BCUT2D eigenvalue weighted by Crippen LogP contribution is -2.45. The number of carbonyl (C=O) groups excluding carboxylic acids is 1. The monoisotopic (exact) mass is 348 g/mol. The molecule has 1 saturated heterocycles. The van der Waals surface area contributed by atoms with Gasteiger partial charge in [0.05, 0.1) is 0 Å². The molecule has 1 fully saturated rings. The summed E-state index contributed by atoms with van der Waals surface area (Å²) in [5.74, 6) is 0.408. The number of carbonyl (C=O) groups is 1. The fraction of sp³-hybridized carbons (Fsp3) is 0.318. The maximum atomic E-state index is 12.9. The van der Waals surface area contributed by atoms with Gasteiger partial charge in [0.1, 0.15) is 5.58 Å². The molecule has 1 amide bonds. The highest BCUT2D eigenvalue weighted by Crippen LogP contribution is 2.23. The number of rotatable bonds is 3. The van der Waals surface area contributed by atoms with E-state index in [-0.39, 0.29) is 11.9 Å². The lowest BCUT2D eigenvalue weighted by Gasteiger charge is -2.33. The van der Waals surface area contributed by atoms with Crippen LogP contribution < -0.4 is 5.32 Å². The molecule has 26 heavy (non-hydrogen) atoms. The van der Waals surface area contributed by atoms with Crippen molar-refractivity contribution in [2.45, 2.75) is 32.7 Å². The van der Waals surface area contributed by atoms with Crippen LogP contribution in [0, 0.1) is 13.8 Å². The Bertz CT molecular complexity index is 911. The molecule has 3 aromatic rings. The van der Waals surface area contributed by atoms with Gasteiger partial charge in [-0.1, -0.05) is 24.3 Å². The van der Waals surface area contributed by atoms with E-state index >= 15 is 0 Å². The maximum absolute atomic E-state index is 12.9. The second-order valence-electron chi connectivity index (χ2n) is 7.18. The number of likely N-dealkylation sites (tertiary alicyclic amines) is 1. The van der Waals surface area contributed by atoms with E-state index < -0.39 is 0 Å². The minimum absolute atomic E-state index is 0.0206. The summed E-state index contributed by atoms with van der Waals surface area (Å²) in [6, 6.07) is 16.3. The highest BCUT2D eigenvalue weighted by atomic mass is 16.3. The topological polar surface area (TPSA) is 45.5 Å². The van der Waals surface area contributed by atoms with Gasteiger partial charge in [0.2, 0.25) is 0 Å². The fourth-order valence-electron chi connectivity index (χ4n) is 3.59. The molecule has 2 heterocycles. The molecule has 1 atom stereocenters. The molecule has 4 nitrogen and oxygen atoms in total. The minimum Gasteiger partial charge on any atom is -0.451 e. The van der Waals surface area contributed by atoms with Crippen molar-refractivity contribution in [2.24, 2.45) is 0 Å². The summed E-state index contributed by atoms with van der Waals surface area (Å²) in [7, 11) is 0. The second-order valence-corrected chi connectivity index (χ2v) is 7.18. The van der Waals surface area contributed by atoms with Gasteiger partial charge in [0, 0.05) is 30.2 Å². The number of benzene rings is 2. The van der Waals surface area contributed by atoms with Gasteiger partial charge >= 0.3 is 0 Å². The third-order valence-corrected chi connectivity index (χ3v) is 5.22. The molecule has 1 aliphatic rings. The van der Waals surface area contributed by atoms with Gasteiger partial charge in [0.25, 0.3) is 5.91 Å². The van der Waals surface area contributed by atoms with Crippen molar-refractivity contribution in [3.63, 3.8) is 0 Å². The van der Waals surface area contributed by atoms with Crippen LogP contribution in [-0.2, 0) is 0 Å². The number of hydrogen-bond acceptors (Lipinski definition) is 3. The Hall–Kier alpha value is -2.75. The molecule has 0 radical (unpaired) electrons. The molecule has 0 saturated carbocycles. The SMILES string of the molecule is Cc1ccc(N[C@@H]2CCCN(C(=O)c3cc4ccccc4o3)C2)cc1C. The van der Waals surface area contributed by atoms with Crippen molar-refractivity contribution in [1.82, 2.24) is 4.90 Å². The third-order valence-electron chi connectivity index (χ3n) is 5.22. The minimum atomic E-state index is -0.0206. The first-order valence-electron chi connectivity index (χ1n) is 9.22. The Morgan fingerprint density at radius 2 is 1.96 bits per heavy atom. The first-order chi connectivity index (χ1) is 12.6. The van der Waals surface area contributed by atoms with Crippen LogP contribution in [0.15, 0.2) is 52.9 Å². The Morgan fingerprint density at radius 3 is 2.77 bits per heavy atom. The molecule has 0 unspecified atom stereocenters. The lowest BCUT2D eigenvalue weighted by atomic mass is 10.0. The summed E-state index contributed by atoms with van der Waals surface area (Å²) in [5.41, 5.74) is 4.45. The Kier molecular flexibility index (Phi) is 4.41. The summed E-state index contributed by atoms with van der Waals surface area (Å²) >= 11 is 0. The number of piperidine rings is 1. The average Bonchev–Trinajstić information content (AvgIpc) is 3.08. The number of hydrogen-bond donors (Lipinski definition) is 1. The Labute approximate surface area is 153 Å². The van der Waals surface area contributed by atoms with Crippen molar-refractivity contribution >= 4 is 22.6 Å². The van der Waals surface area contributed by atoms with Crippen LogP contribution in [0.25, 0.3) is 11.0 Å². The molecular weight excluding hydrogens is 324 g/mol. The average molecular weight is 348 g/mol. The molecule has 4 rings (SSSR count). The number of para-hydroxylation sites is 1. The smallest absolute Gasteiger partial charge is 0.289 e. The molecule has 134 valence electrons. The Morgan fingerprint density at radius 1 is 1.12 bits per heavy atom. The van der Waals surface area contributed by atoms with Crippen LogP contribution in [0.3, 0.4) is 0 Å². The van der Waals surface area contributed by atoms with Crippen molar-refractivity contribution in [2.75, 3.05) is 18.4 Å². The predicted octanol–water partition coefficient (Wildman–Crippen LogP) is 4.77. The van der Waals surface area contributed by atoms with Crippen LogP contribution in [0.1, 0.15) is 34.5 Å². The number of fused-ring (bicyclic) bond motifs is 1. The van der Waals surface area contributed by atoms with Crippen molar-refractivity contribution in [3.05, 3.63) is 65.4 Å². The fourth-order valence-corrected chi connectivity index (χ4v) is 3.59. The van der Waals surface area contributed by atoms with Crippen LogP contribution in [0.5, 0.6) is 0 Å². The molecule has 4 heteroatoms. The molecule has 0 spiro atoms. The van der Waals surface area contributed by atoms with E-state index in [1.54, 1.807) is 0 Å². The highest BCUT2D eigenvalue weighted by Gasteiger charge is 2.26. The molecule has 1 N–H and O–H groups in total. The summed E-state index contributed by atoms with van der Waals surface area (Å²) in [4.78, 5) is 14.8. The normalized spacial score (nSPS) is 17.5. The largest absolute Gasteiger partial charge is 0.451 e. The summed E-state index contributed by atoms with van der Waals surface area (Å²) < 4.78 is 5.75. The summed E-state index contributed by atoms with van der Waals surface area (Å²) in [6.45, 7) is 5.72. The quantitative estimate of drug-likeness (QED) is 0.742. The third kappa shape index (κ3) is 3.32. The van der Waals surface area contributed by atoms with Crippen molar-refractivity contribution in [1.29, 1.82) is 0 Å². The number of nitrogens with zero attached hydrogens (tertiary/aromatic N) is 1. The zero-order chi connectivity index (χ0) is 18.1. The van der Waals surface area contributed by atoms with E-state index in [1.807, 2.05) is 35.2 Å². The van der Waals surface area contributed by atoms with Gasteiger partial charge in [0.15, 0.2) is 5.76 Å². The summed E-state index contributed by atoms with van der Waals surface area (Å²) in [5, 5.41) is 4.56. The Balaban J connectivity index is 1.47. The maximum Gasteiger partial charge on any atom is 0.289 e. The van der Waals surface area contributed by atoms with Crippen molar-refractivity contribution in [3.8, 4) is 0 Å². The summed E-state index contributed by atoms with van der Waals surface area (Å²) in [6.07, 6.45) is 2.06. The van der Waals surface area contributed by atoms with E-state index in [4.69, 9.17) is 4.42 Å². The second kappa shape index (κ2) is 6.87. The van der Waals surface area contributed by atoms with Gasteiger partial charge in [-0.2, -0.15) is 0 Å².